The summed E-state index contributed by atoms with van der Waals surface area (Å²) in [6.45, 7) is 1.84. The van der Waals surface area contributed by atoms with E-state index in [1.165, 1.54) is 32.1 Å². The molecule has 156 valence electrons. The van der Waals surface area contributed by atoms with Crippen molar-refractivity contribution in [3.8, 4) is 11.3 Å². The van der Waals surface area contributed by atoms with Crippen LogP contribution in [0.3, 0.4) is 0 Å². The number of aromatic nitrogens is 3. The van der Waals surface area contributed by atoms with Gasteiger partial charge < -0.3 is 16.0 Å². The smallest absolute Gasteiger partial charge is 0.137 e. The van der Waals surface area contributed by atoms with Crippen LogP contribution in [0.5, 0.6) is 0 Å². The molecule has 2 aliphatic rings. The third-order valence-electron chi connectivity index (χ3n) is 6.38. The summed E-state index contributed by atoms with van der Waals surface area (Å²) >= 11 is 0. The molecule has 5 rings (SSSR count). The molecule has 3 N–H and O–H groups in total. The summed E-state index contributed by atoms with van der Waals surface area (Å²) in [5.74, 6) is 1.95. The van der Waals surface area contributed by atoms with E-state index in [9.17, 15) is 0 Å². The number of pyridine rings is 3. The van der Waals surface area contributed by atoms with Gasteiger partial charge in [-0.2, -0.15) is 0 Å². The van der Waals surface area contributed by atoms with Gasteiger partial charge in [-0.25, -0.2) is 9.97 Å². The lowest BCUT2D eigenvalue weighted by Gasteiger charge is -2.32. The summed E-state index contributed by atoms with van der Waals surface area (Å²) < 4.78 is 0. The number of hydrogen-bond acceptors (Lipinski definition) is 6. The highest BCUT2D eigenvalue weighted by molar-refractivity contribution is 5.94. The Morgan fingerprint density at radius 3 is 2.77 bits per heavy atom. The van der Waals surface area contributed by atoms with E-state index >= 15 is 0 Å². The molecule has 30 heavy (non-hydrogen) atoms. The van der Waals surface area contributed by atoms with Crippen LogP contribution in [-0.2, 0) is 0 Å². The second-order valence-electron chi connectivity index (χ2n) is 8.69. The van der Waals surface area contributed by atoms with Gasteiger partial charge in [0.15, 0.2) is 0 Å². The van der Waals surface area contributed by atoms with E-state index in [1.807, 2.05) is 24.7 Å². The summed E-state index contributed by atoms with van der Waals surface area (Å²) in [5.41, 5.74) is 8.30. The number of anilines is 2. The van der Waals surface area contributed by atoms with Gasteiger partial charge in [-0.05, 0) is 49.9 Å². The molecular weight excluding hydrogens is 372 g/mol. The van der Waals surface area contributed by atoms with Gasteiger partial charge in [0, 0.05) is 60.1 Å². The van der Waals surface area contributed by atoms with Crippen LogP contribution < -0.4 is 16.0 Å². The molecule has 6 nitrogen and oxygen atoms in total. The molecule has 0 spiro atoms. The Morgan fingerprint density at radius 2 is 1.90 bits per heavy atom. The van der Waals surface area contributed by atoms with Gasteiger partial charge in [0.05, 0.1) is 5.69 Å². The van der Waals surface area contributed by atoms with E-state index in [1.54, 1.807) is 0 Å². The van der Waals surface area contributed by atoms with Gasteiger partial charge >= 0.3 is 0 Å². The summed E-state index contributed by atoms with van der Waals surface area (Å²) in [6, 6.07) is 9.10. The number of nitrogens with one attached hydrogen (secondary N) is 1. The van der Waals surface area contributed by atoms with Gasteiger partial charge in [0.2, 0.25) is 0 Å². The van der Waals surface area contributed by atoms with Crippen LogP contribution in [-0.4, -0.2) is 40.1 Å². The summed E-state index contributed by atoms with van der Waals surface area (Å²) in [7, 11) is 0. The molecule has 0 radical (unpaired) electrons. The van der Waals surface area contributed by atoms with Crippen LogP contribution in [0.2, 0.25) is 0 Å². The second kappa shape index (κ2) is 8.56. The Morgan fingerprint density at radius 1 is 1.00 bits per heavy atom. The highest BCUT2D eigenvalue weighted by atomic mass is 15.2. The average Bonchev–Trinajstić information content (AvgIpc) is 2.79. The quantitative estimate of drug-likeness (QED) is 0.675. The molecule has 1 atom stereocenters. The van der Waals surface area contributed by atoms with Crippen LogP contribution in [0.1, 0.15) is 44.9 Å². The molecule has 1 saturated carbocycles. The molecule has 4 heterocycles. The van der Waals surface area contributed by atoms with Crippen LogP contribution >= 0.6 is 0 Å². The zero-order valence-electron chi connectivity index (χ0n) is 17.4. The highest BCUT2D eigenvalue weighted by Crippen LogP contribution is 2.32. The van der Waals surface area contributed by atoms with Crippen LogP contribution in [0, 0.1) is 0 Å². The SMILES string of the molecule is N[C@H]1CCCN(c2nc(-c3ccnc(NC4CCCCC4)c3)cc3cnccc23)C1. The third kappa shape index (κ3) is 4.10. The minimum Gasteiger partial charge on any atom is -0.367 e. The number of hydrogen-bond donors (Lipinski definition) is 2. The molecule has 1 saturated heterocycles. The summed E-state index contributed by atoms with van der Waals surface area (Å²) in [5, 5.41) is 5.88. The van der Waals surface area contributed by atoms with Crippen molar-refractivity contribution >= 4 is 22.4 Å². The molecule has 2 fully saturated rings. The Labute approximate surface area is 177 Å². The molecule has 3 aromatic heterocycles. The number of fused-ring (bicyclic) bond motifs is 1. The normalized spacial score (nSPS) is 20.4. The van der Waals surface area contributed by atoms with Gasteiger partial charge in [-0.15, -0.1) is 0 Å². The van der Waals surface area contributed by atoms with Crippen molar-refractivity contribution in [1.29, 1.82) is 0 Å². The minimum atomic E-state index is 0.202. The maximum absolute atomic E-state index is 6.27. The Kier molecular flexibility index (Phi) is 5.49. The van der Waals surface area contributed by atoms with Crippen molar-refractivity contribution in [2.24, 2.45) is 5.73 Å². The first-order valence-electron chi connectivity index (χ1n) is 11.2. The first kappa shape index (κ1) is 19.2. The lowest BCUT2D eigenvalue weighted by molar-refractivity contribution is 0.462. The van der Waals surface area contributed by atoms with Crippen molar-refractivity contribution in [3.05, 3.63) is 42.9 Å². The molecule has 1 aliphatic carbocycles. The van der Waals surface area contributed by atoms with E-state index in [-0.39, 0.29) is 6.04 Å². The highest BCUT2D eigenvalue weighted by Gasteiger charge is 2.21. The fraction of sp³-hybridized carbons (Fsp3) is 0.458. The fourth-order valence-electron chi connectivity index (χ4n) is 4.80. The van der Waals surface area contributed by atoms with E-state index in [4.69, 9.17) is 10.7 Å². The van der Waals surface area contributed by atoms with Crippen LogP contribution in [0.15, 0.2) is 42.9 Å². The molecule has 0 bridgehead atoms. The van der Waals surface area contributed by atoms with Gasteiger partial charge in [-0.1, -0.05) is 19.3 Å². The van der Waals surface area contributed by atoms with Crippen molar-refractivity contribution < 1.29 is 0 Å². The predicted octanol–water partition coefficient (Wildman–Crippen LogP) is 4.36. The lowest BCUT2D eigenvalue weighted by atomic mass is 9.95. The molecular formula is C24H30N6. The molecule has 0 aromatic carbocycles. The zero-order chi connectivity index (χ0) is 20.3. The predicted molar refractivity (Wildman–Crippen MR) is 123 cm³/mol. The zero-order valence-corrected chi connectivity index (χ0v) is 17.4. The van der Waals surface area contributed by atoms with Gasteiger partial charge in [-0.3, -0.25) is 4.98 Å². The van der Waals surface area contributed by atoms with Crippen LogP contribution in [0.25, 0.3) is 22.0 Å². The largest absolute Gasteiger partial charge is 0.367 e. The number of piperidine rings is 1. The van der Waals surface area contributed by atoms with Crippen molar-refractivity contribution in [1.82, 2.24) is 15.0 Å². The van der Waals surface area contributed by atoms with Crippen molar-refractivity contribution in [2.45, 2.75) is 57.0 Å². The first-order chi connectivity index (χ1) is 14.8. The Balaban J connectivity index is 1.50. The molecule has 6 heteroatoms. The third-order valence-corrected chi connectivity index (χ3v) is 6.38. The van der Waals surface area contributed by atoms with Crippen LogP contribution in [0.4, 0.5) is 11.6 Å². The fourth-order valence-corrected chi connectivity index (χ4v) is 4.80. The molecule has 0 amide bonds. The summed E-state index contributed by atoms with van der Waals surface area (Å²) in [4.78, 5) is 16.4. The molecule has 0 unspecified atom stereocenters. The number of nitrogens with two attached hydrogens (primary N) is 1. The molecule has 3 aromatic rings. The Hall–Kier alpha value is -2.73. The average molecular weight is 403 g/mol. The molecule has 1 aliphatic heterocycles. The minimum absolute atomic E-state index is 0.202. The van der Waals surface area contributed by atoms with E-state index in [0.29, 0.717) is 6.04 Å². The maximum atomic E-state index is 6.27. The number of rotatable bonds is 4. The monoisotopic (exact) mass is 402 g/mol. The summed E-state index contributed by atoms with van der Waals surface area (Å²) in [6.07, 6.45) is 14.2. The standard InChI is InChI=1S/C24H30N6/c25-19-5-4-12-30(16-19)24-21-9-10-26-15-18(21)13-22(29-24)17-8-11-27-23(14-17)28-20-6-2-1-3-7-20/h8-11,13-15,19-20H,1-7,12,16,25H2,(H,27,28)/t19-/m0/s1. The lowest BCUT2D eigenvalue weighted by Crippen LogP contribution is -2.43. The van der Waals surface area contributed by atoms with Crippen molar-refractivity contribution in [2.75, 3.05) is 23.3 Å². The number of nitrogens with zero attached hydrogens (tertiary/aromatic N) is 4. The van der Waals surface area contributed by atoms with Crippen molar-refractivity contribution in [3.63, 3.8) is 0 Å². The maximum Gasteiger partial charge on any atom is 0.137 e. The van der Waals surface area contributed by atoms with E-state index in [2.05, 4.69) is 38.4 Å². The van der Waals surface area contributed by atoms with Gasteiger partial charge in [0.25, 0.3) is 0 Å². The van der Waals surface area contributed by atoms with E-state index < -0.39 is 0 Å². The second-order valence-corrected chi connectivity index (χ2v) is 8.69. The topological polar surface area (TPSA) is 80.0 Å². The first-order valence-corrected chi connectivity index (χ1v) is 11.2. The Bertz CT molecular complexity index is 1010. The van der Waals surface area contributed by atoms with E-state index in [0.717, 1.165) is 59.6 Å². The van der Waals surface area contributed by atoms with Gasteiger partial charge in [0.1, 0.15) is 11.6 Å².